The fraction of sp³-hybridized carbons (Fsp3) is 0.400. The average Bonchev–Trinajstić information content (AvgIpc) is 2.96. The molecule has 2 aromatic rings. The van der Waals surface area contributed by atoms with Gasteiger partial charge in [0.1, 0.15) is 11.6 Å². The van der Waals surface area contributed by atoms with Crippen molar-refractivity contribution in [3.8, 4) is 5.75 Å². The lowest BCUT2D eigenvalue weighted by Gasteiger charge is -2.12. The standard InChI is InChI=1S/C15H21N3O/c1-12(18-11-15-16-9-10-17-15)3-4-13-5-7-14(19-2)8-6-13/h5-10,12,18H,3-4,11H2,1-2H3,(H,16,17). The highest BCUT2D eigenvalue weighted by Crippen LogP contribution is 2.13. The van der Waals surface area contributed by atoms with Crippen molar-refractivity contribution in [3.05, 3.63) is 48.0 Å². The summed E-state index contributed by atoms with van der Waals surface area (Å²) in [7, 11) is 1.69. The number of imidazole rings is 1. The first-order chi connectivity index (χ1) is 9.28. The minimum Gasteiger partial charge on any atom is -0.497 e. The van der Waals surface area contributed by atoms with Gasteiger partial charge in [-0.15, -0.1) is 0 Å². The Kier molecular flexibility index (Phi) is 4.98. The van der Waals surface area contributed by atoms with Gasteiger partial charge in [0.2, 0.25) is 0 Å². The third kappa shape index (κ3) is 4.41. The van der Waals surface area contributed by atoms with Crippen molar-refractivity contribution in [1.82, 2.24) is 15.3 Å². The van der Waals surface area contributed by atoms with Gasteiger partial charge in [0.25, 0.3) is 0 Å². The molecule has 0 spiro atoms. The molecule has 1 aromatic heterocycles. The number of aromatic amines is 1. The van der Waals surface area contributed by atoms with Crippen LogP contribution in [-0.4, -0.2) is 23.1 Å². The molecule has 0 saturated heterocycles. The summed E-state index contributed by atoms with van der Waals surface area (Å²) in [6.45, 7) is 2.99. The predicted molar refractivity (Wildman–Crippen MR) is 76.2 cm³/mol. The maximum absolute atomic E-state index is 5.15. The zero-order valence-corrected chi connectivity index (χ0v) is 11.5. The first-order valence-electron chi connectivity index (χ1n) is 6.62. The lowest BCUT2D eigenvalue weighted by atomic mass is 10.1. The van der Waals surface area contributed by atoms with E-state index in [1.807, 2.05) is 18.3 Å². The smallest absolute Gasteiger partial charge is 0.120 e. The highest BCUT2D eigenvalue weighted by Gasteiger charge is 2.03. The van der Waals surface area contributed by atoms with Crippen LogP contribution in [-0.2, 0) is 13.0 Å². The largest absolute Gasteiger partial charge is 0.497 e. The van der Waals surface area contributed by atoms with Gasteiger partial charge >= 0.3 is 0 Å². The van der Waals surface area contributed by atoms with E-state index in [1.54, 1.807) is 13.3 Å². The molecule has 2 rings (SSSR count). The van der Waals surface area contributed by atoms with Crippen molar-refractivity contribution in [1.29, 1.82) is 0 Å². The molecule has 1 aromatic carbocycles. The van der Waals surface area contributed by atoms with Gasteiger partial charge in [-0.25, -0.2) is 4.98 Å². The van der Waals surface area contributed by atoms with Crippen molar-refractivity contribution in [2.75, 3.05) is 7.11 Å². The SMILES string of the molecule is COc1ccc(CCC(C)NCc2ncc[nH]2)cc1. The van der Waals surface area contributed by atoms with E-state index in [4.69, 9.17) is 4.74 Å². The highest BCUT2D eigenvalue weighted by molar-refractivity contribution is 5.27. The van der Waals surface area contributed by atoms with Crippen molar-refractivity contribution >= 4 is 0 Å². The van der Waals surface area contributed by atoms with Gasteiger partial charge in [-0.1, -0.05) is 12.1 Å². The quantitative estimate of drug-likeness (QED) is 0.803. The first kappa shape index (κ1) is 13.6. The van der Waals surface area contributed by atoms with E-state index in [9.17, 15) is 0 Å². The van der Waals surface area contributed by atoms with Gasteiger partial charge < -0.3 is 15.0 Å². The van der Waals surface area contributed by atoms with Crippen LogP contribution in [0.5, 0.6) is 5.75 Å². The minimum absolute atomic E-state index is 0.465. The summed E-state index contributed by atoms with van der Waals surface area (Å²) in [6.07, 6.45) is 5.79. The summed E-state index contributed by atoms with van der Waals surface area (Å²) in [5, 5.41) is 3.46. The number of methoxy groups -OCH3 is 1. The topological polar surface area (TPSA) is 49.9 Å². The van der Waals surface area contributed by atoms with Gasteiger partial charge in [0.05, 0.1) is 13.7 Å². The van der Waals surface area contributed by atoms with E-state index in [0.717, 1.165) is 31.0 Å². The highest BCUT2D eigenvalue weighted by atomic mass is 16.5. The van der Waals surface area contributed by atoms with Crippen molar-refractivity contribution in [2.24, 2.45) is 0 Å². The van der Waals surface area contributed by atoms with Crippen molar-refractivity contribution in [2.45, 2.75) is 32.4 Å². The third-order valence-electron chi connectivity index (χ3n) is 3.20. The lowest BCUT2D eigenvalue weighted by Crippen LogP contribution is -2.26. The lowest BCUT2D eigenvalue weighted by molar-refractivity contribution is 0.414. The minimum atomic E-state index is 0.465. The molecule has 4 nitrogen and oxygen atoms in total. The Morgan fingerprint density at radius 3 is 2.74 bits per heavy atom. The van der Waals surface area contributed by atoms with Gasteiger partial charge in [0.15, 0.2) is 0 Å². The van der Waals surface area contributed by atoms with Crippen LogP contribution in [0.2, 0.25) is 0 Å². The summed E-state index contributed by atoms with van der Waals surface area (Å²) in [6, 6.07) is 8.73. The Bertz CT molecular complexity index is 465. The predicted octanol–water partition coefficient (Wildman–Crippen LogP) is 2.53. The fourth-order valence-corrected chi connectivity index (χ4v) is 1.94. The number of aryl methyl sites for hydroxylation is 1. The maximum Gasteiger partial charge on any atom is 0.120 e. The molecule has 0 saturated carbocycles. The monoisotopic (exact) mass is 259 g/mol. The first-order valence-corrected chi connectivity index (χ1v) is 6.62. The molecule has 0 amide bonds. The molecule has 19 heavy (non-hydrogen) atoms. The number of ether oxygens (including phenoxy) is 1. The van der Waals surface area contributed by atoms with E-state index < -0.39 is 0 Å². The Hall–Kier alpha value is -1.81. The molecule has 0 aliphatic carbocycles. The van der Waals surface area contributed by atoms with Crippen molar-refractivity contribution in [3.63, 3.8) is 0 Å². The van der Waals surface area contributed by atoms with Crippen LogP contribution in [0.4, 0.5) is 0 Å². The van der Waals surface area contributed by atoms with Gasteiger partial charge in [0, 0.05) is 18.4 Å². The van der Waals surface area contributed by atoms with Crippen LogP contribution in [0.1, 0.15) is 24.7 Å². The maximum atomic E-state index is 5.15. The summed E-state index contributed by atoms with van der Waals surface area (Å²) in [4.78, 5) is 7.29. The number of hydrogen-bond acceptors (Lipinski definition) is 3. The van der Waals surface area contributed by atoms with Gasteiger partial charge in [-0.2, -0.15) is 0 Å². The number of aromatic nitrogens is 2. The molecule has 102 valence electrons. The molecule has 1 unspecified atom stereocenters. The van der Waals surface area contributed by atoms with E-state index in [0.29, 0.717) is 6.04 Å². The number of benzene rings is 1. The van der Waals surface area contributed by atoms with Crippen LogP contribution < -0.4 is 10.1 Å². The van der Waals surface area contributed by atoms with E-state index >= 15 is 0 Å². The summed E-state index contributed by atoms with van der Waals surface area (Å²) in [5.74, 6) is 1.89. The third-order valence-corrected chi connectivity index (χ3v) is 3.20. The zero-order chi connectivity index (χ0) is 13.5. The average molecular weight is 259 g/mol. The van der Waals surface area contributed by atoms with Gasteiger partial charge in [-0.3, -0.25) is 0 Å². The number of nitrogens with zero attached hydrogens (tertiary/aromatic N) is 1. The number of hydrogen-bond donors (Lipinski definition) is 2. The second-order valence-electron chi connectivity index (χ2n) is 4.70. The molecular formula is C15H21N3O. The number of rotatable bonds is 7. The number of H-pyrrole nitrogens is 1. The van der Waals surface area contributed by atoms with E-state index in [2.05, 4.69) is 34.3 Å². The normalized spacial score (nSPS) is 12.3. The Labute approximate surface area is 114 Å². The second kappa shape index (κ2) is 6.95. The van der Waals surface area contributed by atoms with Crippen LogP contribution in [0.3, 0.4) is 0 Å². The molecule has 1 heterocycles. The molecular weight excluding hydrogens is 238 g/mol. The molecule has 0 aliphatic rings. The van der Waals surface area contributed by atoms with Crippen LogP contribution in [0, 0.1) is 0 Å². The molecule has 2 N–H and O–H groups in total. The Morgan fingerprint density at radius 2 is 2.11 bits per heavy atom. The van der Waals surface area contributed by atoms with E-state index in [1.165, 1.54) is 5.56 Å². The van der Waals surface area contributed by atoms with Crippen molar-refractivity contribution < 1.29 is 4.74 Å². The molecule has 1 atom stereocenters. The van der Waals surface area contributed by atoms with Gasteiger partial charge in [-0.05, 0) is 37.5 Å². The summed E-state index contributed by atoms with van der Waals surface area (Å²) < 4.78 is 5.15. The van der Waals surface area contributed by atoms with Crippen LogP contribution >= 0.6 is 0 Å². The number of nitrogens with one attached hydrogen (secondary N) is 2. The molecule has 0 bridgehead atoms. The zero-order valence-electron chi connectivity index (χ0n) is 11.5. The molecule has 0 radical (unpaired) electrons. The van der Waals surface area contributed by atoms with E-state index in [-0.39, 0.29) is 0 Å². The van der Waals surface area contributed by atoms with Crippen LogP contribution in [0.25, 0.3) is 0 Å². The second-order valence-corrected chi connectivity index (χ2v) is 4.70. The molecule has 0 fully saturated rings. The summed E-state index contributed by atoms with van der Waals surface area (Å²) >= 11 is 0. The fourth-order valence-electron chi connectivity index (χ4n) is 1.94. The molecule has 0 aliphatic heterocycles. The summed E-state index contributed by atoms with van der Waals surface area (Å²) in [5.41, 5.74) is 1.34. The van der Waals surface area contributed by atoms with Crippen LogP contribution in [0.15, 0.2) is 36.7 Å². The molecule has 4 heteroatoms. The Balaban J connectivity index is 1.71. The Morgan fingerprint density at radius 1 is 1.32 bits per heavy atom.